The Bertz CT molecular complexity index is 923. The molecular formula is C21H25N5O. The highest BCUT2D eigenvalue weighted by molar-refractivity contribution is 5.91. The maximum atomic E-state index is 6.03. The average Bonchev–Trinajstić information content (AvgIpc) is 2.68. The molecular weight excluding hydrogens is 338 g/mol. The van der Waals surface area contributed by atoms with E-state index in [2.05, 4.69) is 38.8 Å². The fourth-order valence-electron chi connectivity index (χ4n) is 3.45. The predicted octanol–water partition coefficient (Wildman–Crippen LogP) is 3.26. The van der Waals surface area contributed by atoms with E-state index in [4.69, 9.17) is 10.5 Å². The molecule has 0 unspecified atom stereocenters. The molecule has 1 aliphatic heterocycles. The number of aryl methyl sites for hydroxylation is 1. The largest absolute Gasteiger partial charge is 0.489 e. The zero-order valence-corrected chi connectivity index (χ0v) is 15.5. The first kappa shape index (κ1) is 17.5. The van der Waals surface area contributed by atoms with Crippen molar-refractivity contribution in [3.8, 4) is 5.75 Å². The van der Waals surface area contributed by atoms with Crippen LogP contribution in [0.1, 0.15) is 24.0 Å². The summed E-state index contributed by atoms with van der Waals surface area (Å²) < 4.78 is 6.03. The number of piperidine rings is 1. The highest BCUT2D eigenvalue weighted by Crippen LogP contribution is 2.30. The fraction of sp³-hybridized carbons (Fsp3) is 0.333. The van der Waals surface area contributed by atoms with Gasteiger partial charge in [-0.25, -0.2) is 4.98 Å². The Morgan fingerprint density at radius 3 is 2.85 bits per heavy atom. The molecule has 2 aromatic carbocycles. The van der Waals surface area contributed by atoms with Crippen molar-refractivity contribution < 1.29 is 4.74 Å². The van der Waals surface area contributed by atoms with Crippen LogP contribution in [0.2, 0.25) is 0 Å². The number of anilines is 2. The van der Waals surface area contributed by atoms with E-state index in [0.717, 1.165) is 59.5 Å². The van der Waals surface area contributed by atoms with Crippen LogP contribution in [0, 0.1) is 6.92 Å². The minimum absolute atomic E-state index is 0.270. The summed E-state index contributed by atoms with van der Waals surface area (Å²) >= 11 is 0. The number of ether oxygens (including phenoxy) is 1. The summed E-state index contributed by atoms with van der Waals surface area (Å²) in [6.07, 6.45) is 2.28. The first-order chi connectivity index (χ1) is 13.2. The zero-order chi connectivity index (χ0) is 18.6. The van der Waals surface area contributed by atoms with Gasteiger partial charge in [0.25, 0.3) is 0 Å². The number of nitrogens with two attached hydrogens (primary N) is 1. The van der Waals surface area contributed by atoms with Crippen molar-refractivity contribution in [2.75, 3.05) is 24.1 Å². The molecule has 27 heavy (non-hydrogen) atoms. The van der Waals surface area contributed by atoms with Crippen LogP contribution in [0.3, 0.4) is 0 Å². The molecule has 1 atom stereocenters. The van der Waals surface area contributed by atoms with Gasteiger partial charge in [0.15, 0.2) is 0 Å². The van der Waals surface area contributed by atoms with Gasteiger partial charge in [-0.15, -0.1) is 0 Å². The van der Waals surface area contributed by atoms with Crippen LogP contribution >= 0.6 is 0 Å². The minimum atomic E-state index is 0.270. The molecule has 4 rings (SSSR count). The zero-order valence-electron chi connectivity index (χ0n) is 15.5. The summed E-state index contributed by atoms with van der Waals surface area (Å²) in [5, 5.41) is 7.92. The summed E-state index contributed by atoms with van der Waals surface area (Å²) in [5.74, 6) is 1.88. The molecule has 0 saturated carbocycles. The summed E-state index contributed by atoms with van der Waals surface area (Å²) in [4.78, 5) is 8.86. The van der Waals surface area contributed by atoms with Gasteiger partial charge in [-0.3, -0.25) is 0 Å². The fourth-order valence-corrected chi connectivity index (χ4v) is 3.45. The normalized spacial score (nSPS) is 17.0. The topological polar surface area (TPSA) is 85.1 Å². The Morgan fingerprint density at radius 1 is 1.22 bits per heavy atom. The number of nitrogen functional groups attached to an aromatic ring is 1. The van der Waals surface area contributed by atoms with Crippen molar-refractivity contribution in [2.24, 2.45) is 0 Å². The van der Waals surface area contributed by atoms with Crippen molar-refractivity contribution >= 4 is 22.7 Å². The molecule has 0 bridgehead atoms. The van der Waals surface area contributed by atoms with E-state index in [1.165, 1.54) is 0 Å². The van der Waals surface area contributed by atoms with Crippen LogP contribution in [0.25, 0.3) is 10.9 Å². The molecule has 6 nitrogen and oxygen atoms in total. The van der Waals surface area contributed by atoms with E-state index < -0.39 is 0 Å². The second-order valence-electron chi connectivity index (χ2n) is 7.03. The van der Waals surface area contributed by atoms with Gasteiger partial charge in [-0.1, -0.05) is 30.3 Å². The van der Waals surface area contributed by atoms with E-state index in [1.807, 2.05) is 31.2 Å². The lowest BCUT2D eigenvalue weighted by atomic mass is 10.1. The molecule has 1 aliphatic rings. The molecule has 140 valence electrons. The number of aromatic nitrogens is 2. The quantitative estimate of drug-likeness (QED) is 0.645. The minimum Gasteiger partial charge on any atom is -0.489 e. The summed E-state index contributed by atoms with van der Waals surface area (Å²) in [6, 6.07) is 14.5. The molecule has 1 fully saturated rings. The Morgan fingerprint density at radius 2 is 2.07 bits per heavy atom. The molecule has 1 aromatic heterocycles. The second-order valence-corrected chi connectivity index (χ2v) is 7.03. The molecule has 2 heterocycles. The number of hydrogen-bond donors (Lipinski definition) is 3. The van der Waals surface area contributed by atoms with Gasteiger partial charge in [-0.2, -0.15) is 4.98 Å². The smallest absolute Gasteiger partial charge is 0.222 e. The van der Waals surface area contributed by atoms with Gasteiger partial charge in [0.2, 0.25) is 5.95 Å². The SMILES string of the molecule is Cc1cc2c(N[C@@H]3CCCNC3)nc(N)nc2cc1OCc1ccccc1. The van der Waals surface area contributed by atoms with Crippen molar-refractivity contribution in [1.82, 2.24) is 15.3 Å². The van der Waals surface area contributed by atoms with Crippen LogP contribution < -0.4 is 21.1 Å². The maximum Gasteiger partial charge on any atom is 0.222 e. The first-order valence-electron chi connectivity index (χ1n) is 9.41. The van der Waals surface area contributed by atoms with Gasteiger partial charge >= 0.3 is 0 Å². The summed E-state index contributed by atoms with van der Waals surface area (Å²) in [5.41, 5.74) is 8.94. The molecule has 1 saturated heterocycles. The second kappa shape index (κ2) is 7.80. The van der Waals surface area contributed by atoms with E-state index in [0.29, 0.717) is 12.6 Å². The Labute approximate surface area is 159 Å². The van der Waals surface area contributed by atoms with Crippen LogP contribution in [0.15, 0.2) is 42.5 Å². The molecule has 0 radical (unpaired) electrons. The molecule has 0 amide bonds. The van der Waals surface area contributed by atoms with Crippen molar-refractivity contribution in [3.05, 3.63) is 53.6 Å². The van der Waals surface area contributed by atoms with Gasteiger partial charge in [-0.05, 0) is 43.5 Å². The summed E-state index contributed by atoms with van der Waals surface area (Å²) in [6.45, 7) is 4.57. The van der Waals surface area contributed by atoms with Gasteiger partial charge in [0.05, 0.1) is 5.52 Å². The van der Waals surface area contributed by atoms with Crippen LogP contribution in [0.4, 0.5) is 11.8 Å². The number of nitrogens with one attached hydrogen (secondary N) is 2. The number of fused-ring (bicyclic) bond motifs is 1. The Hall–Kier alpha value is -2.86. The van der Waals surface area contributed by atoms with Gasteiger partial charge < -0.3 is 21.1 Å². The van der Waals surface area contributed by atoms with Gasteiger partial charge in [0.1, 0.15) is 18.2 Å². The van der Waals surface area contributed by atoms with E-state index in [-0.39, 0.29) is 5.95 Å². The van der Waals surface area contributed by atoms with Crippen molar-refractivity contribution in [1.29, 1.82) is 0 Å². The third-order valence-corrected chi connectivity index (χ3v) is 4.88. The van der Waals surface area contributed by atoms with E-state index >= 15 is 0 Å². The standard InChI is InChI=1S/C21H25N5O/c1-14-10-17-18(11-19(14)27-13-15-6-3-2-4-7-15)25-21(22)26-20(17)24-16-8-5-9-23-12-16/h2-4,6-7,10-11,16,23H,5,8-9,12-13H2,1H3,(H3,22,24,25,26)/t16-/m1/s1. The predicted molar refractivity (Wildman–Crippen MR) is 109 cm³/mol. The number of hydrogen-bond acceptors (Lipinski definition) is 6. The Balaban J connectivity index is 1.61. The third-order valence-electron chi connectivity index (χ3n) is 4.88. The third kappa shape index (κ3) is 4.11. The first-order valence-corrected chi connectivity index (χ1v) is 9.41. The maximum absolute atomic E-state index is 6.03. The highest BCUT2D eigenvalue weighted by Gasteiger charge is 2.16. The molecule has 4 N–H and O–H groups in total. The number of benzene rings is 2. The monoisotopic (exact) mass is 363 g/mol. The highest BCUT2D eigenvalue weighted by atomic mass is 16.5. The molecule has 3 aromatic rings. The lowest BCUT2D eigenvalue weighted by Crippen LogP contribution is -2.38. The van der Waals surface area contributed by atoms with Crippen molar-refractivity contribution in [3.63, 3.8) is 0 Å². The van der Waals surface area contributed by atoms with Crippen LogP contribution in [-0.2, 0) is 6.61 Å². The summed E-state index contributed by atoms with van der Waals surface area (Å²) in [7, 11) is 0. The van der Waals surface area contributed by atoms with Crippen LogP contribution in [0.5, 0.6) is 5.75 Å². The van der Waals surface area contributed by atoms with Crippen LogP contribution in [-0.4, -0.2) is 29.1 Å². The number of nitrogens with zero attached hydrogens (tertiary/aromatic N) is 2. The lowest BCUT2D eigenvalue weighted by Gasteiger charge is -2.25. The van der Waals surface area contributed by atoms with Crippen molar-refractivity contribution in [2.45, 2.75) is 32.4 Å². The molecule has 0 aliphatic carbocycles. The lowest BCUT2D eigenvalue weighted by molar-refractivity contribution is 0.304. The van der Waals surface area contributed by atoms with E-state index in [1.54, 1.807) is 0 Å². The van der Waals surface area contributed by atoms with Gasteiger partial charge in [0, 0.05) is 24.0 Å². The average molecular weight is 363 g/mol. The number of rotatable bonds is 5. The van der Waals surface area contributed by atoms with E-state index in [9.17, 15) is 0 Å². The molecule has 0 spiro atoms. The molecule has 6 heteroatoms. The Kier molecular flexibility index (Phi) is 5.07.